The quantitative estimate of drug-likeness (QED) is 0.891. The highest BCUT2D eigenvalue weighted by Crippen LogP contribution is 2.31. The Hall–Kier alpha value is -1.73. The molecule has 140 valence electrons. The van der Waals surface area contributed by atoms with Gasteiger partial charge < -0.3 is 15.1 Å². The molecular formula is C19H27N5OS. The van der Waals surface area contributed by atoms with E-state index in [2.05, 4.69) is 36.5 Å². The summed E-state index contributed by atoms with van der Waals surface area (Å²) >= 11 is 1.64. The first-order chi connectivity index (χ1) is 12.8. The first-order valence-electron chi connectivity index (χ1n) is 9.63. The molecule has 0 spiro atoms. The van der Waals surface area contributed by atoms with Crippen molar-refractivity contribution in [1.29, 1.82) is 0 Å². The minimum atomic E-state index is 0.0840. The summed E-state index contributed by atoms with van der Waals surface area (Å²) in [5, 5.41) is 6.43. The molecule has 1 amide bonds. The van der Waals surface area contributed by atoms with Crippen LogP contribution in [-0.4, -0.2) is 60.5 Å². The third-order valence-electron chi connectivity index (χ3n) is 5.63. The standard InChI is InChI=1S/C19H27N5OS/c1-20-10-14-4-2-8-24(11-14)19(25)15-5-3-7-23(12-15)17-16-6-9-26-18(16)22-13-21-17/h6,9,13-15,20H,2-5,7-8,10-12H2,1H3. The molecule has 2 aromatic rings. The minimum absolute atomic E-state index is 0.0840. The molecule has 2 atom stereocenters. The molecule has 2 fully saturated rings. The molecule has 26 heavy (non-hydrogen) atoms. The number of carbonyl (C=O) groups is 1. The smallest absolute Gasteiger partial charge is 0.227 e. The number of nitrogens with zero attached hydrogens (tertiary/aromatic N) is 4. The number of amides is 1. The van der Waals surface area contributed by atoms with E-state index in [1.54, 1.807) is 17.7 Å². The second kappa shape index (κ2) is 7.88. The van der Waals surface area contributed by atoms with Crippen molar-refractivity contribution in [2.45, 2.75) is 25.7 Å². The molecule has 0 aromatic carbocycles. The van der Waals surface area contributed by atoms with Crippen LogP contribution < -0.4 is 10.2 Å². The monoisotopic (exact) mass is 373 g/mol. The van der Waals surface area contributed by atoms with E-state index in [-0.39, 0.29) is 5.92 Å². The predicted octanol–water partition coefficient (Wildman–Crippen LogP) is 2.37. The van der Waals surface area contributed by atoms with E-state index in [9.17, 15) is 4.79 Å². The van der Waals surface area contributed by atoms with Crippen LogP contribution >= 0.6 is 11.3 Å². The van der Waals surface area contributed by atoms with Crippen molar-refractivity contribution in [1.82, 2.24) is 20.2 Å². The van der Waals surface area contributed by atoms with Gasteiger partial charge in [0.15, 0.2) is 0 Å². The first kappa shape index (κ1) is 17.7. The number of likely N-dealkylation sites (tertiary alicyclic amines) is 1. The summed E-state index contributed by atoms with van der Waals surface area (Å²) in [6.45, 7) is 4.55. The maximum Gasteiger partial charge on any atom is 0.227 e. The number of aromatic nitrogens is 2. The third kappa shape index (κ3) is 3.55. The maximum absolute atomic E-state index is 13.1. The number of rotatable bonds is 4. The van der Waals surface area contributed by atoms with Crippen molar-refractivity contribution in [2.75, 3.05) is 44.7 Å². The number of thiophene rings is 1. The molecule has 2 unspecified atom stereocenters. The summed E-state index contributed by atoms with van der Waals surface area (Å²) in [6, 6.07) is 2.09. The third-order valence-corrected chi connectivity index (χ3v) is 6.46. The highest BCUT2D eigenvalue weighted by atomic mass is 32.1. The number of anilines is 1. The zero-order chi connectivity index (χ0) is 17.9. The highest BCUT2D eigenvalue weighted by Gasteiger charge is 2.32. The van der Waals surface area contributed by atoms with E-state index in [0.29, 0.717) is 11.8 Å². The molecule has 0 aliphatic carbocycles. The Labute approximate surface area is 158 Å². The van der Waals surface area contributed by atoms with E-state index in [0.717, 1.165) is 68.0 Å². The lowest BCUT2D eigenvalue weighted by Gasteiger charge is -2.38. The van der Waals surface area contributed by atoms with Crippen LogP contribution in [0.2, 0.25) is 0 Å². The molecule has 2 saturated heterocycles. The van der Waals surface area contributed by atoms with Crippen LogP contribution in [-0.2, 0) is 4.79 Å². The average molecular weight is 374 g/mol. The fraction of sp³-hybridized carbons (Fsp3) is 0.632. The van der Waals surface area contributed by atoms with Gasteiger partial charge in [-0.25, -0.2) is 9.97 Å². The normalized spacial score (nSPS) is 24.2. The largest absolute Gasteiger partial charge is 0.355 e. The fourth-order valence-electron chi connectivity index (χ4n) is 4.38. The minimum Gasteiger partial charge on any atom is -0.355 e. The van der Waals surface area contributed by atoms with E-state index in [1.807, 2.05) is 7.05 Å². The number of hydrogen-bond acceptors (Lipinski definition) is 6. The zero-order valence-electron chi connectivity index (χ0n) is 15.4. The van der Waals surface area contributed by atoms with Gasteiger partial charge in [-0.05, 0) is 56.6 Å². The van der Waals surface area contributed by atoms with E-state index < -0.39 is 0 Å². The molecule has 2 aliphatic rings. The van der Waals surface area contributed by atoms with Crippen LogP contribution in [0.3, 0.4) is 0 Å². The average Bonchev–Trinajstić information content (AvgIpc) is 3.17. The molecular weight excluding hydrogens is 346 g/mol. The summed E-state index contributed by atoms with van der Waals surface area (Å²) < 4.78 is 0. The van der Waals surface area contributed by atoms with Crippen LogP contribution in [0.1, 0.15) is 25.7 Å². The van der Waals surface area contributed by atoms with E-state index >= 15 is 0 Å². The summed E-state index contributed by atoms with van der Waals surface area (Å²) in [5.41, 5.74) is 0. The van der Waals surface area contributed by atoms with Gasteiger partial charge in [-0.1, -0.05) is 0 Å². The van der Waals surface area contributed by atoms with Gasteiger partial charge >= 0.3 is 0 Å². The van der Waals surface area contributed by atoms with Crippen molar-refractivity contribution in [2.24, 2.45) is 11.8 Å². The van der Waals surface area contributed by atoms with Crippen LogP contribution in [0, 0.1) is 11.8 Å². The van der Waals surface area contributed by atoms with Crippen molar-refractivity contribution >= 4 is 33.3 Å². The van der Waals surface area contributed by atoms with Crippen LogP contribution in [0.15, 0.2) is 17.8 Å². The number of carbonyl (C=O) groups excluding carboxylic acids is 1. The van der Waals surface area contributed by atoms with Gasteiger partial charge in [0.2, 0.25) is 5.91 Å². The predicted molar refractivity (Wildman–Crippen MR) is 106 cm³/mol. The fourth-order valence-corrected chi connectivity index (χ4v) is 5.11. The number of piperidine rings is 2. The van der Waals surface area contributed by atoms with Gasteiger partial charge in [0, 0.05) is 26.2 Å². The maximum atomic E-state index is 13.1. The number of hydrogen-bond donors (Lipinski definition) is 1. The molecule has 0 radical (unpaired) electrons. The van der Waals surface area contributed by atoms with Gasteiger partial charge in [-0.3, -0.25) is 4.79 Å². The topological polar surface area (TPSA) is 61.4 Å². The molecule has 6 nitrogen and oxygen atoms in total. The summed E-state index contributed by atoms with van der Waals surface area (Å²) in [4.78, 5) is 27.4. The summed E-state index contributed by atoms with van der Waals surface area (Å²) in [6.07, 6.45) is 6.02. The second-order valence-corrected chi connectivity index (χ2v) is 8.37. The van der Waals surface area contributed by atoms with Gasteiger partial charge in [-0.2, -0.15) is 0 Å². The lowest BCUT2D eigenvalue weighted by molar-refractivity contribution is -0.137. The highest BCUT2D eigenvalue weighted by molar-refractivity contribution is 7.16. The van der Waals surface area contributed by atoms with Gasteiger partial charge in [0.25, 0.3) is 0 Å². The number of nitrogens with one attached hydrogen (secondary N) is 1. The molecule has 2 aromatic heterocycles. The van der Waals surface area contributed by atoms with Crippen molar-refractivity contribution in [3.8, 4) is 0 Å². The van der Waals surface area contributed by atoms with Crippen molar-refractivity contribution in [3.05, 3.63) is 17.8 Å². The number of fused-ring (bicyclic) bond motifs is 1. The second-order valence-electron chi connectivity index (χ2n) is 7.47. The Bertz CT molecular complexity index is 761. The molecule has 4 heterocycles. The zero-order valence-corrected chi connectivity index (χ0v) is 16.2. The Morgan fingerprint density at radius 2 is 2.15 bits per heavy atom. The van der Waals surface area contributed by atoms with Gasteiger partial charge in [0.05, 0.1) is 11.3 Å². The van der Waals surface area contributed by atoms with Gasteiger partial charge in [0.1, 0.15) is 17.0 Å². The van der Waals surface area contributed by atoms with Gasteiger partial charge in [-0.15, -0.1) is 11.3 Å². The Morgan fingerprint density at radius 1 is 1.27 bits per heavy atom. The molecule has 7 heteroatoms. The summed E-state index contributed by atoms with van der Waals surface area (Å²) in [7, 11) is 1.99. The molecule has 0 saturated carbocycles. The van der Waals surface area contributed by atoms with Crippen LogP contribution in [0.4, 0.5) is 5.82 Å². The lowest BCUT2D eigenvalue weighted by Crippen LogP contribution is -2.49. The first-order valence-corrected chi connectivity index (χ1v) is 10.5. The molecule has 2 aliphatic heterocycles. The van der Waals surface area contributed by atoms with Crippen LogP contribution in [0.25, 0.3) is 10.2 Å². The Morgan fingerprint density at radius 3 is 3.04 bits per heavy atom. The van der Waals surface area contributed by atoms with E-state index in [1.165, 1.54) is 6.42 Å². The summed E-state index contributed by atoms with van der Waals surface area (Å²) in [5.74, 6) is 2.00. The van der Waals surface area contributed by atoms with Crippen molar-refractivity contribution in [3.63, 3.8) is 0 Å². The molecule has 0 bridgehead atoms. The molecule has 4 rings (SSSR count). The molecule has 1 N–H and O–H groups in total. The Kier molecular flexibility index (Phi) is 5.36. The van der Waals surface area contributed by atoms with Crippen molar-refractivity contribution < 1.29 is 4.79 Å². The SMILES string of the molecule is CNCC1CCCN(C(=O)C2CCCN(c3ncnc4sccc34)C2)C1. The lowest BCUT2D eigenvalue weighted by atomic mass is 9.93. The van der Waals surface area contributed by atoms with E-state index in [4.69, 9.17) is 0 Å². The Balaban J connectivity index is 1.46. The van der Waals surface area contributed by atoms with Crippen LogP contribution in [0.5, 0.6) is 0 Å².